The Morgan fingerprint density at radius 1 is 1.30 bits per heavy atom. The predicted molar refractivity (Wildman–Crippen MR) is 70.1 cm³/mol. The lowest BCUT2D eigenvalue weighted by molar-refractivity contribution is -0.143. The van der Waals surface area contributed by atoms with Crippen molar-refractivity contribution in [1.29, 1.82) is 0 Å². The van der Waals surface area contributed by atoms with Crippen LogP contribution in [0.2, 0.25) is 0 Å². The summed E-state index contributed by atoms with van der Waals surface area (Å²) in [4.78, 5) is 33.3. The lowest BCUT2D eigenvalue weighted by atomic mass is 10.1. The summed E-state index contributed by atoms with van der Waals surface area (Å²) in [5.41, 5.74) is 5.62. The molecular weight excluding hydrogens is 264 g/mol. The Morgan fingerprint density at radius 2 is 1.90 bits per heavy atom. The molecule has 1 unspecified atom stereocenters. The molecule has 1 aromatic rings. The minimum Gasteiger partial charge on any atom is -0.497 e. The molecule has 0 aliphatic carbocycles. The van der Waals surface area contributed by atoms with Crippen LogP contribution >= 0.6 is 0 Å². The number of nitrogens with two attached hydrogens (primary N) is 1. The Bertz CT molecular complexity index is 498. The van der Waals surface area contributed by atoms with Gasteiger partial charge in [0.1, 0.15) is 11.8 Å². The van der Waals surface area contributed by atoms with Crippen molar-refractivity contribution in [3.05, 3.63) is 29.8 Å². The summed E-state index contributed by atoms with van der Waals surface area (Å²) in [7, 11) is 1.53. The smallest absolute Gasteiger partial charge is 0.326 e. The van der Waals surface area contributed by atoms with Crippen LogP contribution in [0.25, 0.3) is 0 Å². The number of carboxylic acids is 1. The summed E-state index contributed by atoms with van der Waals surface area (Å²) in [5.74, 6) is -1.93. The molecular formula is C13H16N2O5. The van der Waals surface area contributed by atoms with Crippen LogP contribution in [-0.4, -0.2) is 36.0 Å². The van der Waals surface area contributed by atoms with Gasteiger partial charge < -0.3 is 20.9 Å². The van der Waals surface area contributed by atoms with Gasteiger partial charge in [0.05, 0.1) is 20.0 Å². The van der Waals surface area contributed by atoms with Crippen molar-refractivity contribution in [2.75, 3.05) is 7.11 Å². The van der Waals surface area contributed by atoms with Crippen LogP contribution in [0.15, 0.2) is 24.3 Å². The average molecular weight is 280 g/mol. The highest BCUT2D eigenvalue weighted by atomic mass is 16.5. The fraction of sp³-hybridized carbons (Fsp3) is 0.308. The minimum absolute atomic E-state index is 0.00648. The Morgan fingerprint density at radius 3 is 2.35 bits per heavy atom. The molecule has 0 saturated heterocycles. The number of nitrogens with one attached hydrogen (secondary N) is 1. The van der Waals surface area contributed by atoms with Crippen LogP contribution < -0.4 is 15.8 Å². The molecule has 20 heavy (non-hydrogen) atoms. The third-order valence-electron chi connectivity index (χ3n) is 2.56. The molecule has 0 aromatic heterocycles. The first-order chi connectivity index (χ1) is 9.42. The second kappa shape index (κ2) is 7.13. The van der Waals surface area contributed by atoms with Crippen LogP contribution in [0.5, 0.6) is 5.75 Å². The predicted octanol–water partition coefficient (Wildman–Crippen LogP) is -0.317. The molecule has 0 radical (unpaired) electrons. The number of aliphatic carboxylic acids is 1. The highest BCUT2D eigenvalue weighted by Crippen LogP contribution is 2.11. The van der Waals surface area contributed by atoms with Gasteiger partial charge in [0.25, 0.3) is 0 Å². The summed E-state index contributed by atoms with van der Waals surface area (Å²) in [6.45, 7) is 0. The largest absolute Gasteiger partial charge is 0.497 e. The summed E-state index contributed by atoms with van der Waals surface area (Å²) in [6, 6.07) is 5.48. The number of methoxy groups -OCH3 is 1. The van der Waals surface area contributed by atoms with Crippen molar-refractivity contribution < 1.29 is 24.2 Å². The van der Waals surface area contributed by atoms with Crippen molar-refractivity contribution in [1.82, 2.24) is 5.32 Å². The first kappa shape index (κ1) is 15.5. The topological polar surface area (TPSA) is 119 Å². The molecule has 7 heteroatoms. The number of primary amides is 1. The van der Waals surface area contributed by atoms with Crippen molar-refractivity contribution in [3.8, 4) is 5.75 Å². The number of carbonyl (C=O) groups is 3. The quantitative estimate of drug-likeness (QED) is 0.632. The summed E-state index contributed by atoms with van der Waals surface area (Å²) in [5, 5.41) is 11.1. The van der Waals surface area contributed by atoms with E-state index in [-0.39, 0.29) is 6.42 Å². The van der Waals surface area contributed by atoms with Crippen molar-refractivity contribution in [2.24, 2.45) is 5.73 Å². The maximum absolute atomic E-state index is 11.7. The zero-order valence-electron chi connectivity index (χ0n) is 11.0. The van der Waals surface area contributed by atoms with Gasteiger partial charge in [-0.3, -0.25) is 9.59 Å². The highest BCUT2D eigenvalue weighted by molar-refractivity contribution is 5.88. The lowest BCUT2D eigenvalue weighted by Crippen LogP contribution is -2.43. The van der Waals surface area contributed by atoms with Crippen LogP contribution in [0.1, 0.15) is 12.0 Å². The molecule has 0 saturated carbocycles. The number of ether oxygens (including phenoxy) is 1. The Balaban J connectivity index is 2.60. The highest BCUT2D eigenvalue weighted by Gasteiger charge is 2.21. The van der Waals surface area contributed by atoms with E-state index < -0.39 is 30.2 Å². The molecule has 1 aromatic carbocycles. The Kier molecular flexibility index (Phi) is 5.52. The molecule has 1 atom stereocenters. The number of benzene rings is 1. The first-order valence-corrected chi connectivity index (χ1v) is 5.85. The van der Waals surface area contributed by atoms with Gasteiger partial charge in [-0.05, 0) is 17.7 Å². The van der Waals surface area contributed by atoms with E-state index in [0.29, 0.717) is 11.3 Å². The van der Waals surface area contributed by atoms with E-state index >= 15 is 0 Å². The summed E-state index contributed by atoms with van der Waals surface area (Å²) >= 11 is 0. The summed E-state index contributed by atoms with van der Waals surface area (Å²) in [6.07, 6.45) is -0.434. The zero-order valence-corrected chi connectivity index (χ0v) is 11.0. The SMILES string of the molecule is COc1ccc(CC(=O)NC(CC(N)=O)C(=O)O)cc1. The third-order valence-corrected chi connectivity index (χ3v) is 2.56. The van der Waals surface area contributed by atoms with Gasteiger partial charge in [0.2, 0.25) is 11.8 Å². The molecule has 4 N–H and O–H groups in total. The Hall–Kier alpha value is -2.57. The van der Waals surface area contributed by atoms with Gasteiger partial charge in [-0.1, -0.05) is 12.1 Å². The lowest BCUT2D eigenvalue weighted by Gasteiger charge is -2.12. The van der Waals surface area contributed by atoms with E-state index in [0.717, 1.165) is 0 Å². The van der Waals surface area contributed by atoms with Gasteiger partial charge in [-0.25, -0.2) is 4.79 Å². The number of amides is 2. The fourth-order valence-corrected chi connectivity index (χ4v) is 1.58. The van der Waals surface area contributed by atoms with Crippen LogP contribution in [0, 0.1) is 0 Å². The van der Waals surface area contributed by atoms with E-state index in [1.807, 2.05) is 0 Å². The van der Waals surface area contributed by atoms with Crippen LogP contribution in [0.4, 0.5) is 0 Å². The van der Waals surface area contributed by atoms with Gasteiger partial charge in [0, 0.05) is 0 Å². The monoisotopic (exact) mass is 280 g/mol. The summed E-state index contributed by atoms with van der Waals surface area (Å²) < 4.78 is 4.98. The van der Waals surface area contributed by atoms with Gasteiger partial charge in [-0.2, -0.15) is 0 Å². The maximum Gasteiger partial charge on any atom is 0.326 e. The molecule has 0 aliphatic heterocycles. The second-order valence-electron chi connectivity index (χ2n) is 4.15. The molecule has 108 valence electrons. The number of carbonyl (C=O) groups excluding carboxylic acids is 2. The first-order valence-electron chi connectivity index (χ1n) is 5.85. The molecule has 0 heterocycles. The standard InChI is InChI=1S/C13H16N2O5/c1-20-9-4-2-8(3-5-9)6-12(17)15-10(13(18)19)7-11(14)16/h2-5,10H,6-7H2,1H3,(H2,14,16)(H,15,17)(H,18,19). The van der Waals surface area contributed by atoms with E-state index in [9.17, 15) is 14.4 Å². The van der Waals surface area contributed by atoms with E-state index in [1.54, 1.807) is 24.3 Å². The molecule has 0 spiro atoms. The minimum atomic E-state index is -1.31. The van der Waals surface area contributed by atoms with Gasteiger partial charge in [-0.15, -0.1) is 0 Å². The maximum atomic E-state index is 11.7. The second-order valence-corrected chi connectivity index (χ2v) is 4.15. The Labute approximate surface area is 115 Å². The molecule has 7 nitrogen and oxygen atoms in total. The molecule has 0 bridgehead atoms. The van der Waals surface area contributed by atoms with E-state index in [4.69, 9.17) is 15.6 Å². The zero-order chi connectivity index (χ0) is 15.1. The fourth-order valence-electron chi connectivity index (χ4n) is 1.58. The number of hydrogen-bond acceptors (Lipinski definition) is 4. The van der Waals surface area contributed by atoms with Crippen LogP contribution in [-0.2, 0) is 20.8 Å². The average Bonchev–Trinajstić information content (AvgIpc) is 2.38. The van der Waals surface area contributed by atoms with Crippen molar-refractivity contribution >= 4 is 17.8 Å². The van der Waals surface area contributed by atoms with Crippen molar-refractivity contribution in [2.45, 2.75) is 18.9 Å². The van der Waals surface area contributed by atoms with Gasteiger partial charge >= 0.3 is 5.97 Å². The van der Waals surface area contributed by atoms with E-state index in [2.05, 4.69) is 5.32 Å². The van der Waals surface area contributed by atoms with E-state index in [1.165, 1.54) is 7.11 Å². The third kappa shape index (κ3) is 4.97. The molecule has 0 fully saturated rings. The van der Waals surface area contributed by atoms with Gasteiger partial charge in [0.15, 0.2) is 0 Å². The molecule has 1 rings (SSSR count). The van der Waals surface area contributed by atoms with Crippen LogP contribution in [0.3, 0.4) is 0 Å². The number of hydrogen-bond donors (Lipinski definition) is 3. The normalized spacial score (nSPS) is 11.4. The number of carboxylic acid groups (broad SMARTS) is 1. The molecule has 0 aliphatic rings. The van der Waals surface area contributed by atoms with Crippen molar-refractivity contribution in [3.63, 3.8) is 0 Å². The molecule has 2 amide bonds. The number of rotatable bonds is 7.